The Bertz CT molecular complexity index is 405. The van der Waals surface area contributed by atoms with E-state index in [1.165, 1.54) is 12.8 Å². The van der Waals surface area contributed by atoms with Crippen molar-refractivity contribution in [2.24, 2.45) is 5.92 Å². The first-order valence-electron chi connectivity index (χ1n) is 6.57. The van der Waals surface area contributed by atoms with Gasteiger partial charge < -0.3 is 14.8 Å². The molecule has 3 nitrogen and oxygen atoms in total. The van der Waals surface area contributed by atoms with Crippen molar-refractivity contribution in [1.29, 1.82) is 0 Å². The molecule has 0 aliphatic carbocycles. The molecule has 0 saturated heterocycles. The summed E-state index contributed by atoms with van der Waals surface area (Å²) in [7, 11) is 0. The summed E-state index contributed by atoms with van der Waals surface area (Å²) in [5.74, 6) is 2.36. The molecule has 0 atom stereocenters. The van der Waals surface area contributed by atoms with Crippen LogP contribution < -0.4 is 14.8 Å². The van der Waals surface area contributed by atoms with Crippen LogP contribution in [0.4, 0.5) is 5.69 Å². The van der Waals surface area contributed by atoms with Gasteiger partial charge in [-0.05, 0) is 21.8 Å². The molecular weight excluding hydrogens is 294 g/mol. The van der Waals surface area contributed by atoms with Gasteiger partial charge in [-0.3, -0.25) is 0 Å². The largest absolute Gasteiger partial charge is 0.486 e. The van der Waals surface area contributed by atoms with Crippen molar-refractivity contribution < 1.29 is 9.47 Å². The highest BCUT2D eigenvalue weighted by Crippen LogP contribution is 2.38. The molecule has 1 aliphatic rings. The topological polar surface area (TPSA) is 30.5 Å². The lowest BCUT2D eigenvalue weighted by molar-refractivity contribution is 0.171. The fourth-order valence-electron chi connectivity index (χ4n) is 2.03. The number of fused-ring (bicyclic) bond motifs is 1. The van der Waals surface area contributed by atoms with Crippen LogP contribution in [0.3, 0.4) is 0 Å². The number of anilines is 1. The van der Waals surface area contributed by atoms with Gasteiger partial charge >= 0.3 is 0 Å². The number of benzene rings is 1. The van der Waals surface area contributed by atoms with Crippen LogP contribution in [-0.4, -0.2) is 19.8 Å². The van der Waals surface area contributed by atoms with E-state index in [0.29, 0.717) is 19.1 Å². The first kappa shape index (κ1) is 13.5. The van der Waals surface area contributed by atoms with E-state index >= 15 is 0 Å². The molecule has 0 aromatic heterocycles. The summed E-state index contributed by atoms with van der Waals surface area (Å²) in [5, 5.41) is 3.48. The highest BCUT2D eigenvalue weighted by Gasteiger charge is 2.15. The molecule has 1 aliphatic heterocycles. The van der Waals surface area contributed by atoms with Crippen LogP contribution in [0, 0.1) is 5.92 Å². The zero-order valence-corrected chi connectivity index (χ0v) is 12.5. The number of rotatable bonds is 5. The van der Waals surface area contributed by atoms with E-state index in [1.807, 2.05) is 12.1 Å². The van der Waals surface area contributed by atoms with Crippen LogP contribution in [0.2, 0.25) is 0 Å². The van der Waals surface area contributed by atoms with E-state index in [-0.39, 0.29) is 0 Å². The average molecular weight is 314 g/mol. The molecule has 0 unspecified atom stereocenters. The Labute approximate surface area is 117 Å². The number of ether oxygens (including phenoxy) is 2. The number of hydrogen-bond acceptors (Lipinski definition) is 3. The molecule has 1 heterocycles. The van der Waals surface area contributed by atoms with Crippen molar-refractivity contribution in [3.63, 3.8) is 0 Å². The molecule has 1 aromatic rings. The molecule has 0 amide bonds. The fourth-order valence-corrected chi connectivity index (χ4v) is 2.49. The summed E-state index contributed by atoms with van der Waals surface area (Å²) in [5.41, 5.74) is 1.08. The smallest absolute Gasteiger partial charge is 0.163 e. The lowest BCUT2D eigenvalue weighted by Gasteiger charge is -2.21. The molecule has 18 heavy (non-hydrogen) atoms. The molecule has 0 saturated carbocycles. The summed E-state index contributed by atoms with van der Waals surface area (Å²) in [6, 6.07) is 3.99. The zero-order valence-electron chi connectivity index (χ0n) is 11.0. The van der Waals surface area contributed by atoms with Crippen molar-refractivity contribution in [2.75, 3.05) is 25.1 Å². The molecule has 0 radical (unpaired) electrons. The Kier molecular flexibility index (Phi) is 4.75. The molecule has 0 fully saturated rings. The molecule has 0 bridgehead atoms. The molecule has 0 spiro atoms. The van der Waals surface area contributed by atoms with Crippen molar-refractivity contribution in [3.8, 4) is 11.5 Å². The van der Waals surface area contributed by atoms with Crippen LogP contribution in [0.1, 0.15) is 26.7 Å². The van der Waals surface area contributed by atoms with Gasteiger partial charge in [-0.2, -0.15) is 0 Å². The highest BCUT2D eigenvalue weighted by molar-refractivity contribution is 9.10. The van der Waals surface area contributed by atoms with Crippen molar-refractivity contribution in [1.82, 2.24) is 0 Å². The second-order valence-corrected chi connectivity index (χ2v) is 5.39. The van der Waals surface area contributed by atoms with E-state index in [0.717, 1.165) is 28.2 Å². The van der Waals surface area contributed by atoms with Crippen molar-refractivity contribution in [3.05, 3.63) is 16.6 Å². The van der Waals surface area contributed by atoms with Crippen LogP contribution >= 0.6 is 15.9 Å². The van der Waals surface area contributed by atoms with Crippen LogP contribution in [0.15, 0.2) is 16.6 Å². The minimum absolute atomic E-state index is 0.625. The van der Waals surface area contributed by atoms with E-state index in [1.54, 1.807) is 0 Å². The lowest BCUT2D eigenvalue weighted by atomic mass is 10.0. The minimum Gasteiger partial charge on any atom is -0.486 e. The molecule has 4 heteroatoms. The summed E-state index contributed by atoms with van der Waals surface area (Å²) < 4.78 is 12.2. The summed E-state index contributed by atoms with van der Waals surface area (Å²) in [4.78, 5) is 0. The lowest BCUT2D eigenvalue weighted by Crippen LogP contribution is -2.16. The summed E-state index contributed by atoms with van der Waals surface area (Å²) in [6.45, 7) is 6.70. The average Bonchev–Trinajstić information content (AvgIpc) is 2.40. The molecule has 100 valence electrons. The van der Waals surface area contributed by atoms with Crippen LogP contribution in [-0.2, 0) is 0 Å². The standard InChI is InChI=1S/C14H20BrNO2/c1-3-10(4-2)9-16-12-8-14-13(7-11(12)15)17-5-6-18-14/h7-8,10,16H,3-6,9H2,1-2H3. The van der Waals surface area contributed by atoms with Crippen molar-refractivity contribution >= 4 is 21.6 Å². The Balaban J connectivity index is 2.08. The Morgan fingerprint density at radius 1 is 1.17 bits per heavy atom. The second-order valence-electron chi connectivity index (χ2n) is 4.54. The maximum Gasteiger partial charge on any atom is 0.163 e. The van der Waals surface area contributed by atoms with Gasteiger partial charge in [0.05, 0.1) is 5.69 Å². The minimum atomic E-state index is 0.625. The van der Waals surface area contributed by atoms with E-state index in [4.69, 9.17) is 9.47 Å². The van der Waals surface area contributed by atoms with Crippen LogP contribution in [0.5, 0.6) is 11.5 Å². The maximum atomic E-state index is 5.59. The van der Waals surface area contributed by atoms with Crippen molar-refractivity contribution in [2.45, 2.75) is 26.7 Å². The summed E-state index contributed by atoms with van der Waals surface area (Å²) >= 11 is 3.57. The summed E-state index contributed by atoms with van der Waals surface area (Å²) in [6.07, 6.45) is 2.40. The highest BCUT2D eigenvalue weighted by atomic mass is 79.9. The predicted octanol–water partition coefficient (Wildman–Crippen LogP) is 4.07. The fraction of sp³-hybridized carbons (Fsp3) is 0.571. The zero-order chi connectivity index (χ0) is 13.0. The number of hydrogen-bond donors (Lipinski definition) is 1. The van der Waals surface area contributed by atoms with Gasteiger partial charge in [0.15, 0.2) is 11.5 Å². The van der Waals surface area contributed by atoms with Gasteiger partial charge in [-0.1, -0.05) is 26.7 Å². The third-order valence-electron chi connectivity index (χ3n) is 3.37. The van der Waals surface area contributed by atoms with E-state index < -0.39 is 0 Å². The monoisotopic (exact) mass is 313 g/mol. The van der Waals surface area contributed by atoms with Gasteiger partial charge in [-0.25, -0.2) is 0 Å². The SMILES string of the molecule is CCC(CC)CNc1cc2c(cc1Br)OCCO2. The normalized spacial score (nSPS) is 13.8. The number of halogens is 1. The van der Waals surface area contributed by atoms with Gasteiger partial charge in [0, 0.05) is 23.2 Å². The van der Waals surface area contributed by atoms with Gasteiger partial charge in [0.25, 0.3) is 0 Å². The first-order valence-corrected chi connectivity index (χ1v) is 7.36. The predicted molar refractivity (Wildman–Crippen MR) is 77.7 cm³/mol. The van der Waals surface area contributed by atoms with E-state index in [9.17, 15) is 0 Å². The third kappa shape index (κ3) is 3.10. The Hall–Kier alpha value is -0.900. The Morgan fingerprint density at radius 2 is 1.78 bits per heavy atom. The number of nitrogens with one attached hydrogen (secondary N) is 1. The molecule has 2 rings (SSSR count). The first-order chi connectivity index (χ1) is 8.74. The van der Waals surface area contributed by atoms with Gasteiger partial charge in [0.2, 0.25) is 0 Å². The molecule has 1 aromatic carbocycles. The van der Waals surface area contributed by atoms with Crippen LogP contribution in [0.25, 0.3) is 0 Å². The molecule has 1 N–H and O–H groups in total. The van der Waals surface area contributed by atoms with Gasteiger partial charge in [0.1, 0.15) is 13.2 Å². The van der Waals surface area contributed by atoms with Gasteiger partial charge in [-0.15, -0.1) is 0 Å². The third-order valence-corrected chi connectivity index (χ3v) is 4.02. The van der Waals surface area contributed by atoms with E-state index in [2.05, 4.69) is 35.1 Å². The quantitative estimate of drug-likeness (QED) is 0.889. The second kappa shape index (κ2) is 6.32. The maximum absolute atomic E-state index is 5.59. The Morgan fingerprint density at radius 3 is 2.39 bits per heavy atom. The molecular formula is C14H20BrNO2.